The standard InChI is InChI=1S/C18H11ClF3N5O4/c1-8-12(16(29)26-25-15(8)28)6-27-7-24-14(18(20,21)22)13(17(27)30)31-11-3-9(5-23)2-10(19)4-11/h2-4,7H,6H2,1H3,(H,25,28)(H,26,29). The lowest BCUT2D eigenvalue weighted by Crippen LogP contribution is -2.32. The molecule has 1 aromatic carbocycles. The van der Waals surface area contributed by atoms with Crippen molar-refractivity contribution in [1.82, 2.24) is 19.7 Å². The average molecular weight is 454 g/mol. The van der Waals surface area contributed by atoms with Crippen molar-refractivity contribution in [1.29, 1.82) is 5.26 Å². The molecule has 0 saturated heterocycles. The summed E-state index contributed by atoms with van der Waals surface area (Å²) in [7, 11) is 0. The summed E-state index contributed by atoms with van der Waals surface area (Å²) >= 11 is 5.83. The van der Waals surface area contributed by atoms with Gasteiger partial charge in [0.05, 0.1) is 24.5 Å². The van der Waals surface area contributed by atoms with Crippen LogP contribution in [0.15, 0.2) is 38.9 Å². The van der Waals surface area contributed by atoms with Gasteiger partial charge in [-0.1, -0.05) is 11.6 Å². The van der Waals surface area contributed by atoms with E-state index in [0.29, 0.717) is 10.9 Å². The molecule has 0 atom stereocenters. The Morgan fingerprint density at radius 1 is 1.19 bits per heavy atom. The van der Waals surface area contributed by atoms with Crippen LogP contribution < -0.4 is 21.4 Å². The maximum absolute atomic E-state index is 13.4. The highest BCUT2D eigenvalue weighted by Gasteiger charge is 2.39. The number of hydrogen-bond acceptors (Lipinski definition) is 6. The third kappa shape index (κ3) is 4.51. The molecule has 0 aliphatic heterocycles. The van der Waals surface area contributed by atoms with E-state index in [-0.39, 0.29) is 27.5 Å². The fourth-order valence-electron chi connectivity index (χ4n) is 2.63. The van der Waals surface area contributed by atoms with E-state index in [2.05, 4.69) is 15.2 Å². The molecule has 0 spiro atoms. The third-order valence-electron chi connectivity index (χ3n) is 4.17. The van der Waals surface area contributed by atoms with Crippen molar-refractivity contribution >= 4 is 11.6 Å². The zero-order chi connectivity index (χ0) is 22.9. The molecule has 3 aromatic rings. The molecule has 0 saturated carbocycles. The Hall–Kier alpha value is -3.85. The molecule has 0 amide bonds. The Balaban J connectivity index is 2.16. The van der Waals surface area contributed by atoms with Crippen molar-refractivity contribution in [2.75, 3.05) is 0 Å². The molecule has 13 heteroatoms. The van der Waals surface area contributed by atoms with Gasteiger partial charge in [0.1, 0.15) is 5.75 Å². The zero-order valence-corrected chi connectivity index (χ0v) is 16.3. The van der Waals surface area contributed by atoms with Gasteiger partial charge in [0, 0.05) is 16.1 Å². The predicted molar refractivity (Wildman–Crippen MR) is 101 cm³/mol. The number of aromatic amines is 2. The van der Waals surface area contributed by atoms with Crippen LogP contribution in [0.25, 0.3) is 0 Å². The Morgan fingerprint density at radius 3 is 2.52 bits per heavy atom. The Morgan fingerprint density at radius 2 is 1.87 bits per heavy atom. The minimum Gasteiger partial charge on any atom is -0.449 e. The topological polar surface area (TPSA) is 134 Å². The van der Waals surface area contributed by atoms with Gasteiger partial charge in [-0.15, -0.1) is 0 Å². The summed E-state index contributed by atoms with van der Waals surface area (Å²) in [6.07, 6.45) is -4.45. The van der Waals surface area contributed by atoms with Crippen molar-refractivity contribution < 1.29 is 17.9 Å². The summed E-state index contributed by atoms with van der Waals surface area (Å²) < 4.78 is 46.1. The SMILES string of the molecule is Cc1c(Cn2cnc(C(F)(F)F)c(Oc3cc(Cl)cc(C#N)c3)c2=O)c(=O)[nH][nH]c1=O. The lowest BCUT2D eigenvalue weighted by atomic mass is 10.2. The van der Waals surface area contributed by atoms with Crippen LogP contribution in [0.4, 0.5) is 13.2 Å². The van der Waals surface area contributed by atoms with E-state index >= 15 is 0 Å². The first kappa shape index (κ1) is 21.8. The first-order chi connectivity index (χ1) is 14.5. The number of hydrogen-bond donors (Lipinski definition) is 2. The molecule has 0 unspecified atom stereocenters. The van der Waals surface area contributed by atoms with Crippen LogP contribution in [0.3, 0.4) is 0 Å². The molecule has 2 N–H and O–H groups in total. The number of halogens is 4. The van der Waals surface area contributed by atoms with Crippen LogP contribution in [0.2, 0.25) is 5.02 Å². The Bertz CT molecular complexity index is 1390. The Kier molecular flexibility index (Phi) is 5.72. The van der Waals surface area contributed by atoms with Crippen molar-refractivity contribution in [3.8, 4) is 17.6 Å². The average Bonchev–Trinajstić information content (AvgIpc) is 2.69. The quantitative estimate of drug-likeness (QED) is 0.622. The van der Waals surface area contributed by atoms with Crippen LogP contribution in [0, 0.1) is 18.3 Å². The second-order valence-corrected chi connectivity index (χ2v) is 6.69. The van der Waals surface area contributed by atoms with Gasteiger partial charge >= 0.3 is 6.18 Å². The molecule has 0 bridgehead atoms. The van der Waals surface area contributed by atoms with Crippen LogP contribution in [-0.2, 0) is 12.7 Å². The summed E-state index contributed by atoms with van der Waals surface area (Å²) in [4.78, 5) is 39.8. The predicted octanol–water partition coefficient (Wildman–Crippen LogP) is 2.31. The fourth-order valence-corrected chi connectivity index (χ4v) is 2.86. The maximum atomic E-state index is 13.4. The van der Waals surface area contributed by atoms with E-state index in [1.165, 1.54) is 13.0 Å². The van der Waals surface area contributed by atoms with E-state index in [1.807, 2.05) is 0 Å². The zero-order valence-electron chi connectivity index (χ0n) is 15.5. The van der Waals surface area contributed by atoms with Crippen LogP contribution >= 0.6 is 11.6 Å². The molecule has 31 heavy (non-hydrogen) atoms. The van der Waals surface area contributed by atoms with Crippen LogP contribution in [0.5, 0.6) is 11.5 Å². The van der Waals surface area contributed by atoms with Crippen LogP contribution in [-0.4, -0.2) is 19.7 Å². The fraction of sp³-hybridized carbons (Fsp3) is 0.167. The number of nitriles is 1. The van der Waals surface area contributed by atoms with Gasteiger partial charge in [0.2, 0.25) is 5.75 Å². The number of aromatic nitrogens is 4. The molecule has 0 radical (unpaired) electrons. The van der Waals surface area contributed by atoms with Gasteiger partial charge in [0.25, 0.3) is 16.7 Å². The summed E-state index contributed by atoms with van der Waals surface area (Å²) in [5.74, 6) is -1.48. The van der Waals surface area contributed by atoms with Crippen molar-refractivity contribution in [3.05, 3.63) is 83.0 Å². The van der Waals surface area contributed by atoms with Gasteiger partial charge < -0.3 is 4.74 Å². The highest BCUT2D eigenvalue weighted by Crippen LogP contribution is 2.35. The number of ether oxygens (including phenoxy) is 1. The normalized spacial score (nSPS) is 11.2. The lowest BCUT2D eigenvalue weighted by Gasteiger charge is -2.15. The maximum Gasteiger partial charge on any atom is 0.437 e. The van der Waals surface area contributed by atoms with E-state index in [9.17, 15) is 27.6 Å². The second-order valence-electron chi connectivity index (χ2n) is 6.25. The molecule has 160 valence electrons. The van der Waals surface area contributed by atoms with Crippen LogP contribution in [0.1, 0.15) is 22.4 Å². The van der Waals surface area contributed by atoms with E-state index < -0.39 is 40.8 Å². The van der Waals surface area contributed by atoms with Gasteiger partial charge in [-0.3, -0.25) is 29.1 Å². The van der Waals surface area contributed by atoms with E-state index in [1.54, 1.807) is 6.07 Å². The summed E-state index contributed by atoms with van der Waals surface area (Å²) in [5, 5.41) is 13.2. The van der Waals surface area contributed by atoms with Gasteiger partial charge in [-0.25, -0.2) is 4.98 Å². The van der Waals surface area contributed by atoms with Crippen molar-refractivity contribution in [3.63, 3.8) is 0 Å². The van der Waals surface area contributed by atoms with E-state index in [4.69, 9.17) is 21.6 Å². The molecule has 9 nitrogen and oxygen atoms in total. The number of nitrogens with zero attached hydrogens (tertiary/aromatic N) is 3. The molecule has 2 heterocycles. The molecule has 3 rings (SSSR count). The smallest absolute Gasteiger partial charge is 0.437 e. The number of rotatable bonds is 4. The number of benzene rings is 1. The number of alkyl halides is 3. The molecule has 0 fully saturated rings. The van der Waals surface area contributed by atoms with E-state index in [0.717, 1.165) is 12.1 Å². The van der Waals surface area contributed by atoms with Crippen molar-refractivity contribution in [2.45, 2.75) is 19.6 Å². The highest BCUT2D eigenvalue weighted by molar-refractivity contribution is 6.30. The summed E-state index contributed by atoms with van der Waals surface area (Å²) in [6, 6.07) is 5.22. The monoisotopic (exact) mass is 453 g/mol. The highest BCUT2D eigenvalue weighted by atomic mass is 35.5. The van der Waals surface area contributed by atoms with Crippen molar-refractivity contribution in [2.24, 2.45) is 0 Å². The Labute approximate surface area is 175 Å². The van der Waals surface area contributed by atoms with Gasteiger partial charge in [-0.2, -0.15) is 18.4 Å². The van der Waals surface area contributed by atoms with Gasteiger partial charge in [0.15, 0.2) is 5.69 Å². The molecular weight excluding hydrogens is 443 g/mol. The summed E-state index contributed by atoms with van der Waals surface area (Å²) in [5.41, 5.74) is -4.42. The minimum absolute atomic E-state index is 0.00232. The molecule has 2 aromatic heterocycles. The molecule has 0 aliphatic carbocycles. The first-order valence-electron chi connectivity index (χ1n) is 8.37. The number of H-pyrrole nitrogens is 2. The second kappa shape index (κ2) is 8.11. The number of nitrogens with one attached hydrogen (secondary N) is 2. The molecular formula is C18H11ClF3N5O4. The lowest BCUT2D eigenvalue weighted by molar-refractivity contribution is -0.142. The third-order valence-corrected chi connectivity index (χ3v) is 4.39. The largest absolute Gasteiger partial charge is 0.449 e. The summed E-state index contributed by atoms with van der Waals surface area (Å²) in [6.45, 7) is 0.781. The molecule has 0 aliphatic rings. The minimum atomic E-state index is -5.04. The first-order valence-corrected chi connectivity index (χ1v) is 8.74. The van der Waals surface area contributed by atoms with Gasteiger partial charge in [-0.05, 0) is 25.1 Å².